The molecular formula is C15H20N2O3. The monoisotopic (exact) mass is 276 g/mol. The first kappa shape index (κ1) is 16.0. The molecule has 1 rings (SSSR count). The molecule has 108 valence electrons. The second kappa shape index (κ2) is 6.96. The predicted molar refractivity (Wildman–Crippen MR) is 76.9 cm³/mol. The van der Waals surface area contributed by atoms with Crippen LogP contribution in [-0.4, -0.2) is 42.6 Å². The van der Waals surface area contributed by atoms with Crippen LogP contribution < -0.4 is 5.32 Å². The molecule has 5 nitrogen and oxygen atoms in total. The van der Waals surface area contributed by atoms with E-state index in [1.54, 1.807) is 14.0 Å². The number of amides is 2. The Morgan fingerprint density at radius 3 is 2.60 bits per heavy atom. The van der Waals surface area contributed by atoms with Gasteiger partial charge in [0, 0.05) is 18.5 Å². The molecule has 1 aliphatic rings. The van der Waals surface area contributed by atoms with E-state index in [2.05, 4.69) is 18.5 Å². The molecule has 1 atom stereocenters. The summed E-state index contributed by atoms with van der Waals surface area (Å²) in [5.74, 6) is -0.536. The van der Waals surface area contributed by atoms with Gasteiger partial charge < -0.3 is 0 Å². The zero-order valence-electron chi connectivity index (χ0n) is 11.9. The van der Waals surface area contributed by atoms with Crippen molar-refractivity contribution in [2.75, 3.05) is 13.6 Å². The van der Waals surface area contributed by atoms with Crippen LogP contribution in [0.1, 0.15) is 19.8 Å². The summed E-state index contributed by atoms with van der Waals surface area (Å²) in [4.78, 5) is 35.8. The summed E-state index contributed by atoms with van der Waals surface area (Å²) in [5, 5.41) is 2.32. The number of aldehydes is 1. The highest BCUT2D eigenvalue weighted by Crippen LogP contribution is 2.18. The molecule has 1 fully saturated rings. The highest BCUT2D eigenvalue weighted by Gasteiger charge is 2.30. The first-order chi connectivity index (χ1) is 9.40. The van der Waals surface area contributed by atoms with Crippen molar-refractivity contribution in [1.82, 2.24) is 10.2 Å². The molecule has 5 heteroatoms. The number of hydrogen-bond donors (Lipinski definition) is 1. The molecule has 1 heterocycles. The number of imide groups is 1. The Hall–Kier alpha value is -2.01. The predicted octanol–water partition coefficient (Wildman–Crippen LogP) is 0.981. The molecule has 2 amide bonds. The maximum absolute atomic E-state index is 11.8. The van der Waals surface area contributed by atoms with E-state index in [1.165, 1.54) is 6.08 Å². The number of hydrogen-bond acceptors (Lipinski definition) is 4. The fourth-order valence-electron chi connectivity index (χ4n) is 2.18. The minimum absolute atomic E-state index is 0.241. The molecule has 1 aliphatic heterocycles. The maximum Gasteiger partial charge on any atom is 0.243 e. The quantitative estimate of drug-likeness (QED) is 0.340. The van der Waals surface area contributed by atoms with Crippen molar-refractivity contribution >= 4 is 18.1 Å². The normalized spacial score (nSPS) is 20.2. The molecule has 0 aromatic heterocycles. The second-order valence-electron chi connectivity index (χ2n) is 4.92. The van der Waals surface area contributed by atoms with Crippen molar-refractivity contribution in [2.45, 2.75) is 25.8 Å². The van der Waals surface area contributed by atoms with Crippen molar-refractivity contribution in [3.8, 4) is 0 Å². The lowest BCUT2D eigenvalue weighted by molar-refractivity contribution is -0.137. The fourth-order valence-corrected chi connectivity index (χ4v) is 2.18. The van der Waals surface area contributed by atoms with E-state index in [4.69, 9.17) is 0 Å². The van der Waals surface area contributed by atoms with Crippen LogP contribution in [0.15, 0.2) is 36.0 Å². The number of nitrogens with zero attached hydrogens (tertiary/aromatic N) is 1. The van der Waals surface area contributed by atoms with Gasteiger partial charge in [-0.1, -0.05) is 24.8 Å². The number of piperidine rings is 1. The van der Waals surface area contributed by atoms with Crippen molar-refractivity contribution in [3.63, 3.8) is 0 Å². The molecule has 0 spiro atoms. The van der Waals surface area contributed by atoms with E-state index in [1.807, 2.05) is 4.90 Å². The Morgan fingerprint density at radius 2 is 2.15 bits per heavy atom. The lowest BCUT2D eigenvalue weighted by atomic mass is 9.99. The van der Waals surface area contributed by atoms with Gasteiger partial charge in [0.05, 0.1) is 6.04 Å². The summed E-state index contributed by atoms with van der Waals surface area (Å²) < 4.78 is 0. The Balaban J connectivity index is 2.89. The number of carbonyl (C=O) groups is 3. The Labute approximate surface area is 119 Å². The number of allylic oxidation sites excluding steroid dienone is 2. The third kappa shape index (κ3) is 3.74. The summed E-state index contributed by atoms with van der Waals surface area (Å²) in [5.41, 5.74) is 1.98. The summed E-state index contributed by atoms with van der Waals surface area (Å²) >= 11 is 0. The molecule has 0 bridgehead atoms. The number of carbonyl (C=O) groups excluding carboxylic acids is 3. The summed E-state index contributed by atoms with van der Waals surface area (Å²) in [7, 11) is 1.79. The van der Waals surface area contributed by atoms with Crippen LogP contribution in [0.25, 0.3) is 0 Å². The van der Waals surface area contributed by atoms with Gasteiger partial charge in [0.2, 0.25) is 11.8 Å². The third-order valence-electron chi connectivity index (χ3n) is 3.36. The van der Waals surface area contributed by atoms with E-state index in [-0.39, 0.29) is 17.9 Å². The van der Waals surface area contributed by atoms with Crippen LogP contribution in [0.3, 0.4) is 0 Å². The first-order valence-corrected chi connectivity index (χ1v) is 6.41. The van der Waals surface area contributed by atoms with Crippen molar-refractivity contribution in [3.05, 3.63) is 36.0 Å². The smallest absolute Gasteiger partial charge is 0.243 e. The van der Waals surface area contributed by atoms with E-state index < -0.39 is 0 Å². The van der Waals surface area contributed by atoms with E-state index in [0.717, 1.165) is 17.4 Å². The van der Waals surface area contributed by atoms with E-state index >= 15 is 0 Å². The largest absolute Gasteiger partial charge is 0.298 e. The third-order valence-corrected chi connectivity index (χ3v) is 3.36. The molecule has 1 N–H and O–H groups in total. The number of nitrogens with one attached hydrogen (secondary N) is 1. The molecule has 0 aliphatic carbocycles. The molecular weight excluding hydrogens is 256 g/mol. The van der Waals surface area contributed by atoms with Gasteiger partial charge in [0.25, 0.3) is 0 Å². The second-order valence-corrected chi connectivity index (χ2v) is 4.92. The van der Waals surface area contributed by atoms with Crippen molar-refractivity contribution in [2.24, 2.45) is 0 Å². The van der Waals surface area contributed by atoms with Crippen LogP contribution in [0.2, 0.25) is 0 Å². The minimum atomic E-state index is -0.375. The Morgan fingerprint density at radius 1 is 1.50 bits per heavy atom. The van der Waals surface area contributed by atoms with E-state index in [0.29, 0.717) is 25.0 Å². The van der Waals surface area contributed by atoms with Crippen LogP contribution in [0.4, 0.5) is 0 Å². The van der Waals surface area contributed by atoms with Gasteiger partial charge in [-0.25, -0.2) is 0 Å². The maximum atomic E-state index is 11.8. The van der Waals surface area contributed by atoms with Crippen LogP contribution >= 0.6 is 0 Å². The van der Waals surface area contributed by atoms with Gasteiger partial charge in [-0.15, -0.1) is 0 Å². The number of likely N-dealkylation sites (N-methyl/N-ethyl adjacent to an activating group) is 1. The SMILES string of the molecule is C=C/C(C=O)=C(/CN(C)C1CCC(=O)NC1=O)C(=C)C. The van der Waals surface area contributed by atoms with Gasteiger partial charge >= 0.3 is 0 Å². The van der Waals surface area contributed by atoms with Gasteiger partial charge in [-0.05, 0) is 26.0 Å². The topological polar surface area (TPSA) is 66.5 Å². The molecule has 0 aromatic rings. The lowest BCUT2D eigenvalue weighted by Crippen LogP contribution is -2.51. The summed E-state index contributed by atoms with van der Waals surface area (Å²) in [6.07, 6.45) is 3.02. The molecule has 1 unspecified atom stereocenters. The lowest BCUT2D eigenvalue weighted by Gasteiger charge is -2.30. The van der Waals surface area contributed by atoms with Crippen LogP contribution in [0, 0.1) is 0 Å². The minimum Gasteiger partial charge on any atom is -0.298 e. The average Bonchev–Trinajstić information content (AvgIpc) is 2.38. The highest BCUT2D eigenvalue weighted by molar-refractivity contribution is 6.00. The van der Waals surface area contributed by atoms with Gasteiger partial charge in [0.1, 0.15) is 6.29 Å². The summed E-state index contributed by atoms with van der Waals surface area (Å²) in [6, 6.07) is -0.375. The standard InChI is InChI=1S/C15H20N2O3/c1-5-11(9-18)12(10(2)3)8-17(4)13-6-7-14(19)16-15(13)20/h5,9,13H,1-2,6-8H2,3-4H3,(H,16,19,20)/b12-11+. The van der Waals surface area contributed by atoms with Gasteiger partial charge in [-0.3, -0.25) is 24.6 Å². The highest BCUT2D eigenvalue weighted by atomic mass is 16.2. The summed E-state index contributed by atoms with van der Waals surface area (Å²) in [6.45, 7) is 9.67. The van der Waals surface area contributed by atoms with Gasteiger partial charge in [0.15, 0.2) is 0 Å². The van der Waals surface area contributed by atoms with Gasteiger partial charge in [-0.2, -0.15) is 0 Å². The fraction of sp³-hybridized carbons (Fsp3) is 0.400. The average molecular weight is 276 g/mol. The zero-order valence-corrected chi connectivity index (χ0v) is 11.9. The molecule has 0 radical (unpaired) electrons. The van der Waals surface area contributed by atoms with E-state index in [9.17, 15) is 14.4 Å². The molecule has 20 heavy (non-hydrogen) atoms. The molecule has 0 saturated carbocycles. The first-order valence-electron chi connectivity index (χ1n) is 6.41. The Kier molecular flexibility index (Phi) is 5.58. The van der Waals surface area contributed by atoms with Crippen molar-refractivity contribution < 1.29 is 14.4 Å². The van der Waals surface area contributed by atoms with Crippen LogP contribution in [-0.2, 0) is 14.4 Å². The molecule has 1 saturated heterocycles. The number of rotatable bonds is 6. The zero-order chi connectivity index (χ0) is 15.3. The van der Waals surface area contributed by atoms with Crippen LogP contribution in [0.5, 0.6) is 0 Å². The Bertz CT molecular complexity index is 481. The van der Waals surface area contributed by atoms with Crippen molar-refractivity contribution in [1.29, 1.82) is 0 Å². The molecule has 0 aromatic carbocycles.